The van der Waals surface area contributed by atoms with Crippen LogP contribution in [0.5, 0.6) is 0 Å². The number of rotatable bonds is 10. The lowest BCUT2D eigenvalue weighted by molar-refractivity contribution is 0.178. The summed E-state index contributed by atoms with van der Waals surface area (Å²) in [5.74, 6) is 7.41. The van der Waals surface area contributed by atoms with E-state index < -0.39 is 0 Å². The molecule has 0 radical (unpaired) electrons. The summed E-state index contributed by atoms with van der Waals surface area (Å²) < 4.78 is 5.07. The Balaban J connectivity index is 2.62. The third kappa shape index (κ3) is 6.73. The van der Waals surface area contributed by atoms with Crippen LogP contribution < -0.4 is 16.6 Å². The highest BCUT2D eigenvalue weighted by Crippen LogP contribution is 2.24. The molecule has 6 nitrogen and oxygen atoms in total. The van der Waals surface area contributed by atoms with Gasteiger partial charge in [-0.25, -0.2) is 15.8 Å². The molecule has 0 aromatic carbocycles. The molecule has 0 atom stereocenters. The van der Waals surface area contributed by atoms with Crippen LogP contribution in [0.3, 0.4) is 0 Å². The van der Waals surface area contributed by atoms with E-state index in [0.29, 0.717) is 18.2 Å². The zero-order chi connectivity index (χ0) is 15.7. The molecule has 0 bridgehead atoms. The topological polar surface area (TPSA) is 85.1 Å². The monoisotopic (exact) mass is 295 g/mol. The van der Waals surface area contributed by atoms with Gasteiger partial charge in [-0.05, 0) is 11.8 Å². The SMILES string of the molecule is CCCCCC(C)(C)CNc1cc(NN)nc(COC)n1. The van der Waals surface area contributed by atoms with Crippen molar-refractivity contribution < 1.29 is 4.74 Å². The van der Waals surface area contributed by atoms with Crippen LogP contribution in [0.4, 0.5) is 11.6 Å². The number of aromatic nitrogens is 2. The van der Waals surface area contributed by atoms with Crippen molar-refractivity contribution in [3.63, 3.8) is 0 Å². The van der Waals surface area contributed by atoms with Crippen molar-refractivity contribution >= 4 is 11.6 Å². The molecule has 0 spiro atoms. The molecule has 0 aliphatic heterocycles. The number of ether oxygens (including phenoxy) is 1. The van der Waals surface area contributed by atoms with Crippen LogP contribution in [0.25, 0.3) is 0 Å². The molecule has 1 heterocycles. The summed E-state index contributed by atoms with van der Waals surface area (Å²) in [6.45, 7) is 8.00. The van der Waals surface area contributed by atoms with Gasteiger partial charge < -0.3 is 15.5 Å². The molecule has 0 saturated carbocycles. The number of hydrogen-bond donors (Lipinski definition) is 3. The van der Waals surface area contributed by atoms with Crippen LogP contribution in [0.2, 0.25) is 0 Å². The van der Waals surface area contributed by atoms with Crippen LogP contribution in [-0.4, -0.2) is 23.6 Å². The number of nitrogen functional groups attached to an aromatic ring is 1. The average Bonchev–Trinajstić information content (AvgIpc) is 2.45. The van der Waals surface area contributed by atoms with Crippen LogP contribution in [0.15, 0.2) is 6.07 Å². The summed E-state index contributed by atoms with van der Waals surface area (Å²) in [4.78, 5) is 8.66. The number of nitrogens with zero attached hydrogens (tertiary/aromatic N) is 2. The third-order valence-corrected chi connectivity index (χ3v) is 3.40. The van der Waals surface area contributed by atoms with Crippen LogP contribution in [0, 0.1) is 5.41 Å². The van der Waals surface area contributed by atoms with E-state index in [-0.39, 0.29) is 5.41 Å². The summed E-state index contributed by atoms with van der Waals surface area (Å²) in [6, 6.07) is 1.81. The van der Waals surface area contributed by atoms with E-state index in [0.717, 1.165) is 12.4 Å². The molecule has 1 aromatic heterocycles. The maximum Gasteiger partial charge on any atom is 0.158 e. The highest BCUT2D eigenvalue weighted by atomic mass is 16.5. The van der Waals surface area contributed by atoms with Gasteiger partial charge in [0.2, 0.25) is 0 Å². The Hall–Kier alpha value is -1.40. The lowest BCUT2D eigenvalue weighted by Crippen LogP contribution is -2.24. The zero-order valence-corrected chi connectivity index (χ0v) is 13.7. The molecule has 0 aliphatic carbocycles. The minimum absolute atomic E-state index is 0.234. The lowest BCUT2D eigenvalue weighted by atomic mass is 9.87. The summed E-state index contributed by atoms with van der Waals surface area (Å²) in [7, 11) is 1.62. The third-order valence-electron chi connectivity index (χ3n) is 3.40. The first kappa shape index (κ1) is 17.7. The fourth-order valence-electron chi connectivity index (χ4n) is 2.13. The van der Waals surface area contributed by atoms with Gasteiger partial charge in [0.05, 0.1) is 0 Å². The van der Waals surface area contributed by atoms with Gasteiger partial charge in [0.15, 0.2) is 5.82 Å². The number of hydrazine groups is 1. The largest absolute Gasteiger partial charge is 0.377 e. The van der Waals surface area contributed by atoms with E-state index in [2.05, 4.69) is 41.5 Å². The summed E-state index contributed by atoms with van der Waals surface area (Å²) in [6.07, 6.45) is 5.00. The van der Waals surface area contributed by atoms with Gasteiger partial charge in [-0.3, -0.25) is 0 Å². The molecule has 0 aliphatic rings. The van der Waals surface area contributed by atoms with E-state index in [1.54, 1.807) is 13.2 Å². The first-order valence-corrected chi connectivity index (χ1v) is 7.58. The maximum absolute atomic E-state index is 5.44. The first-order valence-electron chi connectivity index (χ1n) is 7.58. The zero-order valence-electron chi connectivity index (χ0n) is 13.7. The fraction of sp³-hybridized carbons (Fsp3) is 0.733. The summed E-state index contributed by atoms with van der Waals surface area (Å²) >= 11 is 0. The minimum atomic E-state index is 0.234. The Morgan fingerprint density at radius 2 is 1.95 bits per heavy atom. The summed E-state index contributed by atoms with van der Waals surface area (Å²) in [5.41, 5.74) is 2.79. The number of methoxy groups -OCH3 is 1. The van der Waals surface area contributed by atoms with Crippen molar-refractivity contribution in [3.05, 3.63) is 11.9 Å². The maximum atomic E-state index is 5.44. The standard InChI is InChI=1S/C15H29N5O/c1-5-6-7-8-15(2,3)11-17-12-9-13(20-16)19-14(18-12)10-21-4/h9H,5-8,10-11,16H2,1-4H3,(H2,17,18,19,20). The second-order valence-electron chi connectivity index (χ2n) is 6.11. The van der Waals surface area contributed by atoms with E-state index in [1.165, 1.54) is 25.7 Å². The van der Waals surface area contributed by atoms with Crippen LogP contribution in [-0.2, 0) is 11.3 Å². The average molecular weight is 295 g/mol. The van der Waals surface area contributed by atoms with E-state index >= 15 is 0 Å². The molecule has 0 saturated heterocycles. The number of nitrogens with one attached hydrogen (secondary N) is 2. The van der Waals surface area contributed by atoms with Gasteiger partial charge in [0.25, 0.3) is 0 Å². The molecule has 0 amide bonds. The Bertz CT molecular complexity index is 423. The number of hydrogen-bond acceptors (Lipinski definition) is 6. The molecule has 21 heavy (non-hydrogen) atoms. The van der Waals surface area contributed by atoms with Gasteiger partial charge in [-0.1, -0.05) is 40.0 Å². The van der Waals surface area contributed by atoms with Crippen molar-refractivity contribution in [2.75, 3.05) is 24.4 Å². The van der Waals surface area contributed by atoms with Crippen molar-refractivity contribution in [1.29, 1.82) is 0 Å². The predicted molar refractivity (Wildman–Crippen MR) is 87.0 cm³/mol. The van der Waals surface area contributed by atoms with Gasteiger partial charge in [-0.2, -0.15) is 0 Å². The van der Waals surface area contributed by atoms with Gasteiger partial charge in [0, 0.05) is 19.7 Å². The van der Waals surface area contributed by atoms with Gasteiger partial charge in [0.1, 0.15) is 18.2 Å². The van der Waals surface area contributed by atoms with Crippen LogP contribution in [0.1, 0.15) is 52.3 Å². The molecular weight excluding hydrogens is 266 g/mol. The highest BCUT2D eigenvalue weighted by molar-refractivity contribution is 5.46. The Morgan fingerprint density at radius 3 is 2.57 bits per heavy atom. The molecule has 1 aromatic rings. The van der Waals surface area contributed by atoms with E-state index in [4.69, 9.17) is 10.6 Å². The van der Waals surface area contributed by atoms with Crippen molar-refractivity contribution in [3.8, 4) is 0 Å². The molecule has 120 valence electrons. The van der Waals surface area contributed by atoms with Gasteiger partial charge >= 0.3 is 0 Å². The van der Waals surface area contributed by atoms with E-state index in [1.807, 2.05) is 0 Å². The second-order valence-corrected chi connectivity index (χ2v) is 6.11. The molecule has 6 heteroatoms. The Labute approximate surface area is 127 Å². The van der Waals surface area contributed by atoms with Crippen molar-refractivity contribution in [2.45, 2.75) is 53.1 Å². The van der Waals surface area contributed by atoms with Crippen LogP contribution >= 0.6 is 0 Å². The van der Waals surface area contributed by atoms with E-state index in [9.17, 15) is 0 Å². The second kappa shape index (κ2) is 8.79. The Kier molecular flexibility index (Phi) is 7.39. The Morgan fingerprint density at radius 1 is 1.24 bits per heavy atom. The molecule has 1 rings (SSSR count). The van der Waals surface area contributed by atoms with Crippen molar-refractivity contribution in [1.82, 2.24) is 9.97 Å². The smallest absolute Gasteiger partial charge is 0.158 e. The lowest BCUT2D eigenvalue weighted by Gasteiger charge is -2.25. The summed E-state index contributed by atoms with van der Waals surface area (Å²) in [5, 5.41) is 3.38. The molecule has 0 unspecified atom stereocenters. The predicted octanol–water partition coefficient (Wildman–Crippen LogP) is 2.93. The quantitative estimate of drug-likeness (QED) is 0.349. The number of anilines is 2. The number of nitrogens with two attached hydrogens (primary N) is 1. The normalized spacial score (nSPS) is 11.5. The first-order chi connectivity index (χ1) is 10.0. The molecule has 0 fully saturated rings. The number of unbranched alkanes of at least 4 members (excludes halogenated alkanes) is 2. The fourth-order valence-corrected chi connectivity index (χ4v) is 2.13. The van der Waals surface area contributed by atoms with Crippen molar-refractivity contribution in [2.24, 2.45) is 11.3 Å². The highest BCUT2D eigenvalue weighted by Gasteiger charge is 2.17. The van der Waals surface area contributed by atoms with Gasteiger partial charge in [-0.15, -0.1) is 0 Å². The molecular formula is C15H29N5O. The molecule has 4 N–H and O–H groups in total. The minimum Gasteiger partial charge on any atom is -0.377 e.